The molecule has 114 valence electrons. The predicted octanol–water partition coefficient (Wildman–Crippen LogP) is 2.39. The molecule has 0 atom stereocenters. The first-order valence-corrected chi connectivity index (χ1v) is 7.83. The molecule has 1 fully saturated rings. The van der Waals surface area contributed by atoms with Crippen LogP contribution in [0.4, 0.5) is 11.8 Å². The molecule has 0 aromatic carbocycles. The highest BCUT2D eigenvalue weighted by Crippen LogP contribution is 2.37. The first-order valence-electron chi connectivity index (χ1n) is 7.83. The standard InChI is InChI=1S/C16H20N6/c1-10-13-8-11(14-6-7-18-21-14)9-22(12-4-2-3-5-12)15(13)20-16(17)19-10/h6-8,12H,2-5,9H2,1H3,(H,18,21)(H2,17,19,20). The van der Waals surface area contributed by atoms with Crippen LogP contribution in [0.25, 0.3) is 11.6 Å². The molecule has 0 radical (unpaired) electrons. The molecule has 6 nitrogen and oxygen atoms in total. The largest absolute Gasteiger partial charge is 0.368 e. The second kappa shape index (κ2) is 5.12. The van der Waals surface area contributed by atoms with Crippen LogP contribution in [0.5, 0.6) is 0 Å². The Balaban J connectivity index is 1.84. The van der Waals surface area contributed by atoms with E-state index in [0.29, 0.717) is 12.0 Å². The van der Waals surface area contributed by atoms with Gasteiger partial charge in [0, 0.05) is 24.3 Å². The van der Waals surface area contributed by atoms with E-state index >= 15 is 0 Å². The molecule has 0 unspecified atom stereocenters. The van der Waals surface area contributed by atoms with Gasteiger partial charge in [0.2, 0.25) is 5.95 Å². The molecule has 6 heteroatoms. The summed E-state index contributed by atoms with van der Waals surface area (Å²) in [6.07, 6.45) is 8.98. The zero-order valence-corrected chi connectivity index (χ0v) is 12.7. The van der Waals surface area contributed by atoms with E-state index in [2.05, 4.69) is 31.1 Å². The molecule has 3 heterocycles. The van der Waals surface area contributed by atoms with Crippen LogP contribution in [0.15, 0.2) is 12.3 Å². The SMILES string of the molecule is Cc1nc(N)nc2c1C=C(c1ccn[nH]1)CN2C1CCCC1. The zero-order chi connectivity index (χ0) is 15.1. The summed E-state index contributed by atoms with van der Waals surface area (Å²) in [5.74, 6) is 1.35. The van der Waals surface area contributed by atoms with Crippen molar-refractivity contribution in [2.24, 2.45) is 0 Å². The highest BCUT2D eigenvalue weighted by atomic mass is 15.2. The molecule has 3 N–H and O–H groups in total. The molecule has 2 aliphatic rings. The van der Waals surface area contributed by atoms with Gasteiger partial charge >= 0.3 is 0 Å². The molecule has 4 rings (SSSR count). The van der Waals surface area contributed by atoms with Gasteiger partial charge in [0.05, 0.1) is 11.4 Å². The van der Waals surface area contributed by atoms with E-state index in [9.17, 15) is 0 Å². The third kappa shape index (κ3) is 2.15. The quantitative estimate of drug-likeness (QED) is 0.889. The minimum atomic E-state index is 0.359. The van der Waals surface area contributed by atoms with Crippen molar-refractivity contribution >= 4 is 23.4 Å². The van der Waals surface area contributed by atoms with E-state index in [1.54, 1.807) is 6.20 Å². The van der Waals surface area contributed by atoms with E-state index in [-0.39, 0.29) is 0 Å². The lowest BCUT2D eigenvalue weighted by Crippen LogP contribution is -2.38. The molecule has 22 heavy (non-hydrogen) atoms. The molecule has 2 aromatic heterocycles. The maximum absolute atomic E-state index is 5.89. The molecule has 2 aromatic rings. The lowest BCUT2D eigenvalue weighted by molar-refractivity contribution is 0.625. The third-order valence-corrected chi connectivity index (χ3v) is 4.68. The molecular weight excluding hydrogens is 276 g/mol. The van der Waals surface area contributed by atoms with Crippen molar-refractivity contribution in [1.82, 2.24) is 20.2 Å². The number of nitrogens with two attached hydrogens (primary N) is 1. The Morgan fingerprint density at radius 1 is 1.27 bits per heavy atom. The van der Waals surface area contributed by atoms with Crippen LogP contribution in [0.2, 0.25) is 0 Å². The lowest BCUT2D eigenvalue weighted by atomic mass is 10.00. The van der Waals surface area contributed by atoms with Gasteiger partial charge in [-0.2, -0.15) is 10.1 Å². The van der Waals surface area contributed by atoms with Crippen LogP contribution in [-0.2, 0) is 0 Å². The summed E-state index contributed by atoms with van der Waals surface area (Å²) in [5.41, 5.74) is 10.2. The van der Waals surface area contributed by atoms with Crippen LogP contribution in [0.1, 0.15) is 42.6 Å². The Hall–Kier alpha value is -2.37. The Labute approximate surface area is 129 Å². The minimum absolute atomic E-state index is 0.359. The number of anilines is 2. The number of hydrogen-bond acceptors (Lipinski definition) is 5. The summed E-state index contributed by atoms with van der Waals surface area (Å²) in [6.45, 7) is 2.84. The molecular formula is C16H20N6. The molecule has 1 aliphatic heterocycles. The van der Waals surface area contributed by atoms with Gasteiger partial charge in [-0.1, -0.05) is 12.8 Å². The normalized spacial score (nSPS) is 18.4. The number of nitrogen functional groups attached to an aromatic ring is 1. The molecule has 0 amide bonds. The first kappa shape index (κ1) is 13.3. The maximum atomic E-state index is 5.89. The number of nitrogens with zero attached hydrogens (tertiary/aromatic N) is 4. The van der Waals surface area contributed by atoms with Gasteiger partial charge in [-0.25, -0.2) is 4.98 Å². The fraction of sp³-hybridized carbons (Fsp3) is 0.438. The van der Waals surface area contributed by atoms with E-state index in [1.807, 2.05) is 13.0 Å². The van der Waals surface area contributed by atoms with Crippen LogP contribution < -0.4 is 10.6 Å². The zero-order valence-electron chi connectivity index (χ0n) is 12.7. The second-order valence-electron chi connectivity index (χ2n) is 6.11. The Morgan fingerprint density at radius 2 is 2.09 bits per heavy atom. The molecule has 0 saturated heterocycles. The Bertz CT molecular complexity index is 712. The summed E-state index contributed by atoms with van der Waals surface area (Å²) in [6, 6.07) is 2.55. The van der Waals surface area contributed by atoms with Crippen LogP contribution in [0.3, 0.4) is 0 Å². The molecule has 1 aliphatic carbocycles. The van der Waals surface area contributed by atoms with E-state index in [0.717, 1.165) is 29.3 Å². The Kier molecular flexibility index (Phi) is 3.10. The number of H-pyrrole nitrogens is 1. The van der Waals surface area contributed by atoms with Crippen LogP contribution in [-0.4, -0.2) is 32.8 Å². The number of rotatable bonds is 2. The van der Waals surface area contributed by atoms with Gasteiger partial charge in [-0.05, 0) is 37.5 Å². The van der Waals surface area contributed by atoms with E-state index in [4.69, 9.17) is 5.73 Å². The molecule has 0 bridgehead atoms. The van der Waals surface area contributed by atoms with Crippen LogP contribution >= 0.6 is 0 Å². The van der Waals surface area contributed by atoms with Gasteiger partial charge in [-0.3, -0.25) is 5.10 Å². The van der Waals surface area contributed by atoms with E-state index < -0.39 is 0 Å². The van der Waals surface area contributed by atoms with Gasteiger partial charge in [0.1, 0.15) is 5.82 Å². The van der Waals surface area contributed by atoms with Gasteiger partial charge < -0.3 is 10.6 Å². The topological polar surface area (TPSA) is 83.7 Å². The van der Waals surface area contributed by atoms with Gasteiger partial charge in [-0.15, -0.1) is 0 Å². The number of aromatic nitrogens is 4. The van der Waals surface area contributed by atoms with Crippen molar-refractivity contribution in [3.05, 3.63) is 29.2 Å². The maximum Gasteiger partial charge on any atom is 0.222 e. The van der Waals surface area contributed by atoms with Gasteiger partial charge in [0.15, 0.2) is 0 Å². The van der Waals surface area contributed by atoms with Crippen molar-refractivity contribution in [1.29, 1.82) is 0 Å². The van der Waals surface area contributed by atoms with Crippen molar-refractivity contribution in [3.63, 3.8) is 0 Å². The van der Waals surface area contributed by atoms with E-state index in [1.165, 1.54) is 31.3 Å². The average Bonchev–Trinajstić information content (AvgIpc) is 3.20. The lowest BCUT2D eigenvalue weighted by Gasteiger charge is -2.35. The molecule has 1 saturated carbocycles. The second-order valence-corrected chi connectivity index (χ2v) is 6.11. The fourth-order valence-corrected chi connectivity index (χ4v) is 3.57. The van der Waals surface area contributed by atoms with Gasteiger partial charge in [0.25, 0.3) is 0 Å². The minimum Gasteiger partial charge on any atom is -0.368 e. The first-order chi connectivity index (χ1) is 10.7. The van der Waals surface area contributed by atoms with Crippen molar-refractivity contribution in [2.75, 3.05) is 17.2 Å². The highest BCUT2D eigenvalue weighted by molar-refractivity contribution is 5.90. The number of hydrogen-bond donors (Lipinski definition) is 2. The summed E-state index contributed by atoms with van der Waals surface area (Å²) in [5, 5.41) is 7.15. The summed E-state index contributed by atoms with van der Waals surface area (Å²) >= 11 is 0. The smallest absolute Gasteiger partial charge is 0.222 e. The van der Waals surface area contributed by atoms with Crippen molar-refractivity contribution in [2.45, 2.75) is 38.6 Å². The highest BCUT2D eigenvalue weighted by Gasteiger charge is 2.30. The fourth-order valence-electron chi connectivity index (χ4n) is 3.57. The monoisotopic (exact) mass is 296 g/mol. The Morgan fingerprint density at radius 3 is 2.82 bits per heavy atom. The predicted molar refractivity (Wildman–Crippen MR) is 87.2 cm³/mol. The third-order valence-electron chi connectivity index (χ3n) is 4.68. The summed E-state index contributed by atoms with van der Waals surface area (Å²) in [4.78, 5) is 11.3. The number of aromatic amines is 1. The summed E-state index contributed by atoms with van der Waals surface area (Å²) < 4.78 is 0. The molecule has 0 spiro atoms. The summed E-state index contributed by atoms with van der Waals surface area (Å²) in [7, 11) is 0. The van der Waals surface area contributed by atoms with Crippen molar-refractivity contribution < 1.29 is 0 Å². The van der Waals surface area contributed by atoms with Crippen molar-refractivity contribution in [3.8, 4) is 0 Å². The number of fused-ring (bicyclic) bond motifs is 1. The van der Waals surface area contributed by atoms with Crippen LogP contribution in [0, 0.1) is 6.92 Å². The number of aryl methyl sites for hydroxylation is 1. The number of nitrogens with one attached hydrogen (secondary N) is 1. The average molecular weight is 296 g/mol.